The molecule has 0 spiro atoms. The molecule has 0 bridgehead atoms. The Morgan fingerprint density at radius 3 is 2.79 bits per heavy atom. The molecule has 3 aromatic rings. The Hall–Kier alpha value is -3.42. The van der Waals surface area contributed by atoms with Crippen LogP contribution in [0, 0.1) is 13.8 Å². The van der Waals surface area contributed by atoms with Crippen LogP contribution in [0.15, 0.2) is 36.5 Å². The van der Waals surface area contributed by atoms with Crippen molar-refractivity contribution in [3.8, 4) is 17.4 Å². The normalized spacial score (nSPS) is 16.1. The monoisotopic (exact) mass is 393 g/mol. The first-order valence-corrected chi connectivity index (χ1v) is 9.50. The van der Waals surface area contributed by atoms with E-state index in [0.717, 1.165) is 17.8 Å². The summed E-state index contributed by atoms with van der Waals surface area (Å²) < 4.78 is 11.2. The lowest BCUT2D eigenvalue weighted by Crippen LogP contribution is -2.28. The van der Waals surface area contributed by atoms with Crippen LogP contribution in [0.2, 0.25) is 0 Å². The molecule has 150 valence electrons. The van der Waals surface area contributed by atoms with Gasteiger partial charge < -0.3 is 14.4 Å². The van der Waals surface area contributed by atoms with Crippen molar-refractivity contribution in [1.82, 2.24) is 25.1 Å². The van der Waals surface area contributed by atoms with Crippen molar-refractivity contribution in [1.29, 1.82) is 0 Å². The predicted octanol–water partition coefficient (Wildman–Crippen LogP) is 3.25. The van der Waals surface area contributed by atoms with Crippen LogP contribution in [0.4, 0.5) is 0 Å². The molecule has 29 heavy (non-hydrogen) atoms. The maximum Gasteiger partial charge on any atom is 0.257 e. The molecule has 0 saturated carbocycles. The lowest BCUT2D eigenvalue weighted by molar-refractivity contribution is 0.0790. The van der Waals surface area contributed by atoms with Gasteiger partial charge in [-0.05, 0) is 32.4 Å². The summed E-state index contributed by atoms with van der Waals surface area (Å²) in [7, 11) is 1.62. The second kappa shape index (κ2) is 7.90. The van der Waals surface area contributed by atoms with Crippen molar-refractivity contribution in [2.45, 2.75) is 26.2 Å². The van der Waals surface area contributed by atoms with Gasteiger partial charge in [0.1, 0.15) is 17.3 Å². The number of aromatic amines is 1. The molecule has 1 aliphatic rings. The van der Waals surface area contributed by atoms with Crippen LogP contribution in [0.5, 0.6) is 17.4 Å². The molecule has 2 aromatic heterocycles. The Balaban J connectivity index is 1.50. The fraction of sp³-hybridized carbons (Fsp3) is 0.333. The number of ether oxygens (including phenoxy) is 2. The number of carbonyl (C=O) groups excluding carboxylic acids is 1. The molecule has 1 saturated heterocycles. The van der Waals surface area contributed by atoms with Crippen LogP contribution >= 0.6 is 0 Å². The van der Waals surface area contributed by atoms with Gasteiger partial charge in [0.05, 0.1) is 18.9 Å². The Bertz CT molecular complexity index is 1030. The number of hydrogen-bond acceptors (Lipinski definition) is 6. The van der Waals surface area contributed by atoms with Crippen molar-refractivity contribution in [2.24, 2.45) is 0 Å². The van der Waals surface area contributed by atoms with Crippen LogP contribution in [0.3, 0.4) is 0 Å². The highest BCUT2D eigenvalue weighted by atomic mass is 16.5. The molecule has 4 rings (SSSR count). The van der Waals surface area contributed by atoms with E-state index in [4.69, 9.17) is 9.47 Å². The third kappa shape index (κ3) is 4.06. The van der Waals surface area contributed by atoms with E-state index in [9.17, 15) is 4.79 Å². The topological polar surface area (TPSA) is 93.2 Å². The van der Waals surface area contributed by atoms with E-state index in [2.05, 4.69) is 20.2 Å². The molecule has 1 unspecified atom stereocenters. The lowest BCUT2D eigenvalue weighted by atomic mass is 10.1. The van der Waals surface area contributed by atoms with Crippen molar-refractivity contribution in [2.75, 3.05) is 20.2 Å². The number of methoxy groups -OCH3 is 1. The molecule has 0 aliphatic carbocycles. The minimum absolute atomic E-state index is 0.0146. The summed E-state index contributed by atoms with van der Waals surface area (Å²) in [5.74, 6) is 2.59. The minimum Gasteiger partial charge on any atom is -0.497 e. The zero-order chi connectivity index (χ0) is 20.4. The van der Waals surface area contributed by atoms with E-state index in [1.165, 1.54) is 0 Å². The molecule has 8 nitrogen and oxygen atoms in total. The lowest BCUT2D eigenvalue weighted by Gasteiger charge is -2.16. The smallest absolute Gasteiger partial charge is 0.257 e. The highest BCUT2D eigenvalue weighted by Gasteiger charge is 2.31. The van der Waals surface area contributed by atoms with Crippen molar-refractivity contribution < 1.29 is 14.3 Å². The molecule has 1 aromatic carbocycles. The summed E-state index contributed by atoms with van der Waals surface area (Å²) in [4.78, 5) is 23.8. The fourth-order valence-electron chi connectivity index (χ4n) is 3.47. The highest BCUT2D eigenvalue weighted by Crippen LogP contribution is 2.29. The number of aryl methyl sites for hydroxylation is 2. The van der Waals surface area contributed by atoms with Crippen molar-refractivity contribution in [3.05, 3.63) is 59.3 Å². The number of aromatic nitrogens is 4. The van der Waals surface area contributed by atoms with Crippen LogP contribution in [0.25, 0.3) is 0 Å². The molecular formula is C21H23N5O3. The van der Waals surface area contributed by atoms with Gasteiger partial charge in [0.15, 0.2) is 0 Å². The molecular weight excluding hydrogens is 370 g/mol. The molecule has 1 N–H and O–H groups in total. The van der Waals surface area contributed by atoms with Crippen LogP contribution in [0.1, 0.15) is 39.9 Å². The van der Waals surface area contributed by atoms with Gasteiger partial charge in [0.25, 0.3) is 5.91 Å². The van der Waals surface area contributed by atoms with Gasteiger partial charge in [-0.2, -0.15) is 10.1 Å². The molecule has 1 fully saturated rings. The number of likely N-dealkylation sites (tertiary alicyclic amines) is 1. The van der Waals surface area contributed by atoms with Crippen molar-refractivity contribution >= 4 is 5.91 Å². The first kappa shape index (κ1) is 18.9. The van der Waals surface area contributed by atoms with Crippen LogP contribution in [-0.2, 0) is 0 Å². The third-order valence-corrected chi connectivity index (χ3v) is 5.01. The summed E-state index contributed by atoms with van der Waals surface area (Å²) in [6.45, 7) is 5.00. The second-order valence-electron chi connectivity index (χ2n) is 7.13. The van der Waals surface area contributed by atoms with Crippen LogP contribution < -0.4 is 9.47 Å². The zero-order valence-electron chi connectivity index (χ0n) is 16.7. The van der Waals surface area contributed by atoms with Gasteiger partial charge in [-0.3, -0.25) is 9.89 Å². The number of nitrogens with zero attached hydrogens (tertiary/aromatic N) is 4. The highest BCUT2D eigenvalue weighted by molar-refractivity contribution is 5.95. The number of nitrogens with one attached hydrogen (secondary N) is 1. The Labute approximate surface area is 168 Å². The standard InChI is InChI=1S/C21H23N5O3/c1-13-9-19(29-17-6-4-5-16(10-17)28-3)24-20(23-13)15-7-8-26(12-15)21(27)18-11-22-25-14(18)2/h4-6,9-11,15H,7-8,12H2,1-3H3,(H,22,25). The predicted molar refractivity (Wildman–Crippen MR) is 106 cm³/mol. The first-order valence-electron chi connectivity index (χ1n) is 9.50. The number of hydrogen-bond donors (Lipinski definition) is 1. The average molecular weight is 393 g/mol. The van der Waals surface area contributed by atoms with E-state index in [1.807, 2.05) is 36.9 Å². The first-order chi connectivity index (χ1) is 14.0. The van der Waals surface area contributed by atoms with E-state index < -0.39 is 0 Å². The minimum atomic E-state index is -0.0146. The zero-order valence-corrected chi connectivity index (χ0v) is 16.7. The molecule has 1 atom stereocenters. The summed E-state index contributed by atoms with van der Waals surface area (Å²) in [5, 5.41) is 6.76. The average Bonchev–Trinajstić information content (AvgIpc) is 3.36. The summed E-state index contributed by atoms with van der Waals surface area (Å²) in [5.41, 5.74) is 2.21. The molecule has 8 heteroatoms. The van der Waals surface area contributed by atoms with Crippen LogP contribution in [-0.4, -0.2) is 51.2 Å². The van der Waals surface area contributed by atoms with Gasteiger partial charge in [-0.1, -0.05) is 6.07 Å². The van der Waals surface area contributed by atoms with E-state index in [1.54, 1.807) is 25.4 Å². The Morgan fingerprint density at radius 1 is 1.21 bits per heavy atom. The number of carbonyl (C=O) groups is 1. The quantitative estimate of drug-likeness (QED) is 0.715. The molecule has 1 aliphatic heterocycles. The number of rotatable bonds is 5. The largest absolute Gasteiger partial charge is 0.497 e. The maximum atomic E-state index is 12.7. The molecule has 1 amide bonds. The van der Waals surface area contributed by atoms with E-state index in [-0.39, 0.29) is 11.8 Å². The maximum absolute atomic E-state index is 12.7. The van der Waals surface area contributed by atoms with Gasteiger partial charge in [-0.15, -0.1) is 0 Å². The molecule has 3 heterocycles. The van der Waals surface area contributed by atoms with Gasteiger partial charge >= 0.3 is 0 Å². The number of amides is 1. The van der Waals surface area contributed by atoms with Gasteiger partial charge in [0, 0.05) is 42.5 Å². The van der Waals surface area contributed by atoms with E-state index >= 15 is 0 Å². The van der Waals surface area contributed by atoms with E-state index in [0.29, 0.717) is 41.9 Å². The summed E-state index contributed by atoms with van der Waals surface area (Å²) >= 11 is 0. The third-order valence-electron chi connectivity index (χ3n) is 5.01. The van der Waals surface area contributed by atoms with Gasteiger partial charge in [0.2, 0.25) is 5.88 Å². The van der Waals surface area contributed by atoms with Crippen molar-refractivity contribution in [3.63, 3.8) is 0 Å². The Kier molecular flexibility index (Phi) is 5.16. The SMILES string of the molecule is COc1cccc(Oc2cc(C)nc(C3CCN(C(=O)c4cn[nH]c4C)C3)n2)c1. The van der Waals surface area contributed by atoms with Gasteiger partial charge in [-0.25, -0.2) is 4.98 Å². The number of benzene rings is 1. The fourth-order valence-corrected chi connectivity index (χ4v) is 3.47. The summed E-state index contributed by atoms with van der Waals surface area (Å²) in [6, 6.07) is 9.18. The Morgan fingerprint density at radius 2 is 2.03 bits per heavy atom. The second-order valence-corrected chi connectivity index (χ2v) is 7.13. The summed E-state index contributed by atoms with van der Waals surface area (Å²) in [6.07, 6.45) is 2.39. The number of H-pyrrole nitrogens is 1. The molecule has 0 radical (unpaired) electrons.